The SMILES string of the molecule is C/C=C(/C(=O)O)C1CCCC1C1CCCC1. The number of rotatable bonds is 3. The van der Waals surface area contributed by atoms with Crippen LogP contribution in [0.25, 0.3) is 0 Å². The molecule has 2 aliphatic rings. The molecule has 2 saturated carbocycles. The first-order valence-corrected chi connectivity index (χ1v) is 6.63. The van der Waals surface area contributed by atoms with Crippen LogP contribution in [0.2, 0.25) is 0 Å². The van der Waals surface area contributed by atoms with Gasteiger partial charge in [0.25, 0.3) is 0 Å². The minimum Gasteiger partial charge on any atom is -0.478 e. The molecule has 90 valence electrons. The first-order chi connectivity index (χ1) is 7.74. The highest BCUT2D eigenvalue weighted by Gasteiger charge is 2.38. The number of aliphatic carboxylic acids is 1. The van der Waals surface area contributed by atoms with Crippen LogP contribution in [0, 0.1) is 17.8 Å². The van der Waals surface area contributed by atoms with Crippen molar-refractivity contribution in [1.82, 2.24) is 0 Å². The van der Waals surface area contributed by atoms with Gasteiger partial charge in [-0.3, -0.25) is 0 Å². The molecule has 0 aromatic rings. The molecule has 16 heavy (non-hydrogen) atoms. The standard InChI is InChI=1S/C14H22O2/c1-2-11(14(15)16)13-9-5-8-12(13)10-6-3-4-7-10/h2,10,12-13H,3-9H2,1H3,(H,15,16)/b11-2+. The third-order valence-corrected chi connectivity index (χ3v) is 4.53. The number of carboxylic acids is 1. The maximum Gasteiger partial charge on any atom is 0.331 e. The molecule has 0 aromatic carbocycles. The van der Waals surface area contributed by atoms with Crippen molar-refractivity contribution in [2.24, 2.45) is 17.8 Å². The smallest absolute Gasteiger partial charge is 0.331 e. The summed E-state index contributed by atoms with van der Waals surface area (Å²) in [5, 5.41) is 9.23. The highest BCUT2D eigenvalue weighted by molar-refractivity contribution is 5.87. The van der Waals surface area contributed by atoms with Gasteiger partial charge >= 0.3 is 5.97 Å². The molecule has 0 amide bonds. The van der Waals surface area contributed by atoms with Gasteiger partial charge in [-0.2, -0.15) is 0 Å². The molecular weight excluding hydrogens is 200 g/mol. The van der Waals surface area contributed by atoms with Crippen LogP contribution in [0.5, 0.6) is 0 Å². The summed E-state index contributed by atoms with van der Waals surface area (Å²) < 4.78 is 0. The summed E-state index contributed by atoms with van der Waals surface area (Å²) in [5.74, 6) is 1.11. The molecule has 2 aliphatic carbocycles. The number of carboxylic acid groups (broad SMARTS) is 1. The zero-order chi connectivity index (χ0) is 11.5. The first kappa shape index (κ1) is 11.7. The van der Waals surface area contributed by atoms with E-state index in [1.807, 2.05) is 13.0 Å². The van der Waals surface area contributed by atoms with E-state index in [9.17, 15) is 9.90 Å². The minimum absolute atomic E-state index is 0.339. The second-order valence-electron chi connectivity index (χ2n) is 5.29. The van der Waals surface area contributed by atoms with Crippen molar-refractivity contribution >= 4 is 5.97 Å². The van der Waals surface area contributed by atoms with Crippen molar-refractivity contribution in [1.29, 1.82) is 0 Å². The van der Waals surface area contributed by atoms with Crippen LogP contribution in [0.3, 0.4) is 0 Å². The summed E-state index contributed by atoms with van der Waals surface area (Å²) in [4.78, 5) is 11.2. The van der Waals surface area contributed by atoms with Gasteiger partial charge in [-0.15, -0.1) is 0 Å². The molecule has 2 heteroatoms. The van der Waals surface area contributed by atoms with Gasteiger partial charge in [0.15, 0.2) is 0 Å². The van der Waals surface area contributed by atoms with Crippen molar-refractivity contribution in [3.05, 3.63) is 11.6 Å². The lowest BCUT2D eigenvalue weighted by Gasteiger charge is -2.25. The molecule has 2 atom stereocenters. The fourth-order valence-electron chi connectivity index (χ4n) is 3.82. The average molecular weight is 222 g/mol. The average Bonchev–Trinajstić information content (AvgIpc) is 2.86. The molecule has 2 rings (SSSR count). The minimum atomic E-state index is -0.697. The van der Waals surface area contributed by atoms with Gasteiger partial charge in [0.2, 0.25) is 0 Å². The summed E-state index contributed by atoms with van der Waals surface area (Å²) in [6.45, 7) is 1.87. The zero-order valence-corrected chi connectivity index (χ0v) is 10.1. The normalized spacial score (nSPS) is 32.2. The Kier molecular flexibility index (Phi) is 3.67. The van der Waals surface area contributed by atoms with Gasteiger partial charge in [-0.1, -0.05) is 38.2 Å². The van der Waals surface area contributed by atoms with E-state index in [0.717, 1.165) is 12.3 Å². The molecule has 0 radical (unpaired) electrons. The van der Waals surface area contributed by atoms with Crippen LogP contribution < -0.4 is 0 Å². The van der Waals surface area contributed by atoms with Crippen LogP contribution >= 0.6 is 0 Å². The Balaban J connectivity index is 2.10. The van der Waals surface area contributed by atoms with Crippen LogP contribution in [-0.4, -0.2) is 11.1 Å². The van der Waals surface area contributed by atoms with Gasteiger partial charge < -0.3 is 5.11 Å². The summed E-state index contributed by atoms with van der Waals surface area (Å²) in [6.07, 6.45) is 10.7. The van der Waals surface area contributed by atoms with Crippen molar-refractivity contribution in [3.8, 4) is 0 Å². The Morgan fingerprint density at radius 3 is 2.38 bits per heavy atom. The maximum absolute atomic E-state index is 11.2. The monoisotopic (exact) mass is 222 g/mol. The van der Waals surface area contributed by atoms with E-state index in [0.29, 0.717) is 17.4 Å². The number of hydrogen-bond acceptors (Lipinski definition) is 1. The molecular formula is C14H22O2. The fraction of sp³-hybridized carbons (Fsp3) is 0.786. The van der Waals surface area contributed by atoms with Gasteiger partial charge in [-0.05, 0) is 37.5 Å². The Morgan fingerprint density at radius 2 is 1.81 bits per heavy atom. The molecule has 0 aliphatic heterocycles. The third kappa shape index (κ3) is 2.16. The second-order valence-corrected chi connectivity index (χ2v) is 5.29. The lowest BCUT2D eigenvalue weighted by Crippen LogP contribution is -2.22. The lowest BCUT2D eigenvalue weighted by atomic mass is 9.79. The molecule has 2 nitrogen and oxygen atoms in total. The summed E-state index contributed by atoms with van der Waals surface area (Å²) in [5.41, 5.74) is 0.675. The van der Waals surface area contributed by atoms with Crippen molar-refractivity contribution in [2.75, 3.05) is 0 Å². The molecule has 0 saturated heterocycles. The van der Waals surface area contributed by atoms with E-state index in [1.165, 1.54) is 38.5 Å². The van der Waals surface area contributed by atoms with E-state index in [2.05, 4.69) is 0 Å². The predicted octanol–water partition coefficient (Wildman–Crippen LogP) is 3.62. The van der Waals surface area contributed by atoms with E-state index >= 15 is 0 Å². The van der Waals surface area contributed by atoms with Crippen molar-refractivity contribution in [2.45, 2.75) is 51.9 Å². The Labute approximate surface area is 97.7 Å². The topological polar surface area (TPSA) is 37.3 Å². The van der Waals surface area contributed by atoms with Crippen molar-refractivity contribution in [3.63, 3.8) is 0 Å². The van der Waals surface area contributed by atoms with Gasteiger partial charge in [0, 0.05) is 5.57 Å². The predicted molar refractivity (Wildman–Crippen MR) is 64.2 cm³/mol. The summed E-state index contributed by atoms with van der Waals surface area (Å²) in [7, 11) is 0. The highest BCUT2D eigenvalue weighted by atomic mass is 16.4. The molecule has 0 bridgehead atoms. The van der Waals surface area contributed by atoms with E-state index in [4.69, 9.17) is 0 Å². The lowest BCUT2D eigenvalue weighted by molar-refractivity contribution is -0.133. The highest BCUT2D eigenvalue weighted by Crippen LogP contribution is 2.46. The molecule has 1 N–H and O–H groups in total. The molecule has 0 spiro atoms. The first-order valence-electron chi connectivity index (χ1n) is 6.63. The second kappa shape index (κ2) is 5.03. The van der Waals surface area contributed by atoms with E-state index in [1.54, 1.807) is 0 Å². The van der Waals surface area contributed by atoms with E-state index in [-0.39, 0.29) is 0 Å². The van der Waals surface area contributed by atoms with E-state index < -0.39 is 5.97 Å². The third-order valence-electron chi connectivity index (χ3n) is 4.53. The molecule has 0 aromatic heterocycles. The van der Waals surface area contributed by atoms with Crippen LogP contribution in [0.4, 0.5) is 0 Å². The van der Waals surface area contributed by atoms with Crippen LogP contribution in [0.15, 0.2) is 11.6 Å². The zero-order valence-electron chi connectivity index (χ0n) is 10.1. The summed E-state index contributed by atoms with van der Waals surface area (Å²) in [6, 6.07) is 0. The van der Waals surface area contributed by atoms with Gasteiger partial charge in [-0.25, -0.2) is 4.79 Å². The Bertz CT molecular complexity index is 287. The number of hydrogen-bond donors (Lipinski definition) is 1. The molecule has 2 fully saturated rings. The number of carbonyl (C=O) groups is 1. The van der Waals surface area contributed by atoms with Crippen LogP contribution in [0.1, 0.15) is 51.9 Å². The largest absolute Gasteiger partial charge is 0.478 e. The van der Waals surface area contributed by atoms with Gasteiger partial charge in [0.1, 0.15) is 0 Å². The Hall–Kier alpha value is -0.790. The number of allylic oxidation sites excluding steroid dienone is 1. The summed E-state index contributed by atoms with van der Waals surface area (Å²) >= 11 is 0. The van der Waals surface area contributed by atoms with Gasteiger partial charge in [0.05, 0.1) is 0 Å². The molecule has 2 unspecified atom stereocenters. The van der Waals surface area contributed by atoms with Crippen molar-refractivity contribution < 1.29 is 9.90 Å². The van der Waals surface area contributed by atoms with Crippen LogP contribution in [-0.2, 0) is 4.79 Å². The quantitative estimate of drug-likeness (QED) is 0.740. The fourth-order valence-corrected chi connectivity index (χ4v) is 3.82. The maximum atomic E-state index is 11.2. The molecule has 0 heterocycles. The Morgan fingerprint density at radius 1 is 1.12 bits per heavy atom.